The van der Waals surface area contributed by atoms with E-state index in [-0.39, 0.29) is 18.3 Å². The lowest BCUT2D eigenvalue weighted by atomic mass is 10.2. The number of amides is 1. The summed E-state index contributed by atoms with van der Waals surface area (Å²) in [4.78, 5) is 15.6. The van der Waals surface area contributed by atoms with Gasteiger partial charge in [-0.05, 0) is 12.1 Å². The van der Waals surface area contributed by atoms with E-state index < -0.39 is 0 Å². The summed E-state index contributed by atoms with van der Waals surface area (Å²) in [5, 5.41) is 2.88. The maximum Gasteiger partial charge on any atom is 0.236 e. The second-order valence-corrected chi connectivity index (χ2v) is 4.63. The van der Waals surface area contributed by atoms with Crippen LogP contribution >= 0.6 is 0 Å². The fraction of sp³-hybridized carbons (Fsp3) is 0.400. The minimum Gasteiger partial charge on any atom is -0.366 e. The van der Waals surface area contributed by atoms with Gasteiger partial charge in [0, 0.05) is 26.2 Å². The summed E-state index contributed by atoms with van der Waals surface area (Å²) < 4.78 is 13.7. The van der Waals surface area contributed by atoms with Crippen molar-refractivity contribution in [3.63, 3.8) is 0 Å². The van der Waals surface area contributed by atoms with Crippen molar-refractivity contribution in [1.82, 2.24) is 10.2 Å². The molecule has 1 saturated heterocycles. The monoisotopic (exact) mass is 275 g/mol. The largest absolute Gasteiger partial charge is 0.366 e. The van der Waals surface area contributed by atoms with E-state index in [0.29, 0.717) is 38.4 Å². The van der Waals surface area contributed by atoms with Crippen LogP contribution in [0.15, 0.2) is 24.3 Å². The highest BCUT2D eigenvalue weighted by molar-refractivity contribution is 5.78. The molecule has 1 aromatic carbocycles. The molecule has 20 heavy (non-hydrogen) atoms. The number of terminal acetylenes is 1. The van der Waals surface area contributed by atoms with Crippen molar-refractivity contribution in [2.24, 2.45) is 0 Å². The van der Waals surface area contributed by atoms with E-state index in [0.717, 1.165) is 0 Å². The van der Waals surface area contributed by atoms with Gasteiger partial charge in [0.2, 0.25) is 5.91 Å². The van der Waals surface area contributed by atoms with Crippen LogP contribution in [0.25, 0.3) is 0 Å². The fourth-order valence-electron chi connectivity index (χ4n) is 2.26. The number of para-hydroxylation sites is 1. The summed E-state index contributed by atoms with van der Waals surface area (Å²) in [7, 11) is 0. The van der Waals surface area contributed by atoms with E-state index in [9.17, 15) is 9.18 Å². The van der Waals surface area contributed by atoms with Gasteiger partial charge < -0.3 is 9.80 Å². The van der Waals surface area contributed by atoms with Crippen molar-refractivity contribution in [2.45, 2.75) is 0 Å². The van der Waals surface area contributed by atoms with Crippen LogP contribution in [0.5, 0.6) is 0 Å². The molecule has 0 aromatic heterocycles. The molecule has 0 spiro atoms. The van der Waals surface area contributed by atoms with Crippen LogP contribution in [0.3, 0.4) is 0 Å². The second-order valence-electron chi connectivity index (χ2n) is 4.63. The van der Waals surface area contributed by atoms with Crippen molar-refractivity contribution in [1.29, 1.82) is 0 Å². The zero-order chi connectivity index (χ0) is 14.4. The SMILES string of the molecule is C#CCNCC(=O)N1CCN(c2ccccc2F)CC1. The van der Waals surface area contributed by atoms with E-state index in [1.54, 1.807) is 17.0 Å². The van der Waals surface area contributed by atoms with E-state index in [4.69, 9.17) is 6.42 Å². The van der Waals surface area contributed by atoms with Gasteiger partial charge in [-0.3, -0.25) is 10.1 Å². The Kier molecular flexibility index (Phi) is 4.97. The molecule has 1 aliphatic heterocycles. The Labute approximate surface area is 118 Å². The van der Waals surface area contributed by atoms with Gasteiger partial charge in [0.05, 0.1) is 18.8 Å². The number of anilines is 1. The van der Waals surface area contributed by atoms with Gasteiger partial charge in [0.1, 0.15) is 5.82 Å². The summed E-state index contributed by atoms with van der Waals surface area (Å²) in [5.41, 5.74) is 0.602. The highest BCUT2D eigenvalue weighted by Crippen LogP contribution is 2.19. The first-order valence-corrected chi connectivity index (χ1v) is 6.64. The number of piperazine rings is 1. The lowest BCUT2D eigenvalue weighted by Crippen LogP contribution is -2.51. The standard InChI is InChI=1S/C15H18FN3O/c1-2-7-17-12-15(20)19-10-8-18(9-11-19)14-6-4-3-5-13(14)16/h1,3-6,17H,7-12H2. The Bertz CT molecular complexity index is 504. The number of hydrogen-bond donors (Lipinski definition) is 1. The van der Waals surface area contributed by atoms with E-state index in [1.165, 1.54) is 6.07 Å². The number of rotatable bonds is 4. The topological polar surface area (TPSA) is 35.6 Å². The molecule has 0 unspecified atom stereocenters. The van der Waals surface area contributed by atoms with Gasteiger partial charge in [-0.15, -0.1) is 6.42 Å². The van der Waals surface area contributed by atoms with Crippen molar-refractivity contribution < 1.29 is 9.18 Å². The molecule has 1 heterocycles. The molecule has 0 atom stereocenters. The predicted molar refractivity (Wildman–Crippen MR) is 76.9 cm³/mol. The number of carbonyl (C=O) groups is 1. The third-order valence-electron chi connectivity index (χ3n) is 3.33. The Morgan fingerprint density at radius 2 is 2.00 bits per heavy atom. The van der Waals surface area contributed by atoms with Crippen LogP contribution in [0.1, 0.15) is 0 Å². The van der Waals surface area contributed by atoms with Crippen LogP contribution in [-0.4, -0.2) is 50.1 Å². The number of nitrogens with zero attached hydrogens (tertiary/aromatic N) is 2. The first-order chi connectivity index (χ1) is 9.72. The zero-order valence-electron chi connectivity index (χ0n) is 11.3. The highest BCUT2D eigenvalue weighted by Gasteiger charge is 2.22. The smallest absolute Gasteiger partial charge is 0.236 e. The molecule has 5 heteroatoms. The number of hydrogen-bond acceptors (Lipinski definition) is 3. The van der Waals surface area contributed by atoms with Gasteiger partial charge in [-0.1, -0.05) is 18.1 Å². The molecule has 4 nitrogen and oxygen atoms in total. The Hall–Kier alpha value is -2.06. The summed E-state index contributed by atoms with van der Waals surface area (Å²) in [6.45, 7) is 3.13. The van der Waals surface area contributed by atoms with Crippen LogP contribution in [0.2, 0.25) is 0 Å². The molecule has 0 saturated carbocycles. The van der Waals surface area contributed by atoms with Crippen molar-refractivity contribution in [3.05, 3.63) is 30.1 Å². The van der Waals surface area contributed by atoms with Gasteiger partial charge in [0.25, 0.3) is 0 Å². The zero-order valence-corrected chi connectivity index (χ0v) is 11.3. The molecule has 0 bridgehead atoms. The van der Waals surface area contributed by atoms with Crippen LogP contribution in [0.4, 0.5) is 10.1 Å². The Morgan fingerprint density at radius 1 is 1.30 bits per heavy atom. The molecule has 1 amide bonds. The van der Waals surface area contributed by atoms with Crippen molar-refractivity contribution in [3.8, 4) is 12.3 Å². The van der Waals surface area contributed by atoms with Gasteiger partial charge in [-0.2, -0.15) is 0 Å². The first kappa shape index (κ1) is 14.4. The number of halogens is 1. The summed E-state index contributed by atoms with van der Waals surface area (Å²) >= 11 is 0. The van der Waals surface area contributed by atoms with Gasteiger partial charge in [0.15, 0.2) is 0 Å². The average Bonchev–Trinajstić information content (AvgIpc) is 2.48. The number of benzene rings is 1. The predicted octanol–water partition coefficient (Wildman–Crippen LogP) is 0.697. The van der Waals surface area contributed by atoms with E-state index in [1.807, 2.05) is 11.0 Å². The quantitative estimate of drug-likeness (QED) is 0.649. The Balaban J connectivity index is 1.85. The summed E-state index contributed by atoms with van der Waals surface area (Å²) in [6.07, 6.45) is 5.11. The molecule has 106 valence electrons. The maximum atomic E-state index is 13.7. The minimum atomic E-state index is -0.219. The number of nitrogens with one attached hydrogen (secondary N) is 1. The van der Waals surface area contributed by atoms with Gasteiger partial charge >= 0.3 is 0 Å². The second kappa shape index (κ2) is 6.92. The van der Waals surface area contributed by atoms with Gasteiger partial charge in [-0.25, -0.2) is 4.39 Å². The normalized spacial score (nSPS) is 15.0. The molecule has 1 aromatic rings. The lowest BCUT2D eigenvalue weighted by Gasteiger charge is -2.36. The highest BCUT2D eigenvalue weighted by atomic mass is 19.1. The molecular formula is C15H18FN3O. The van der Waals surface area contributed by atoms with Crippen LogP contribution in [-0.2, 0) is 4.79 Å². The number of carbonyl (C=O) groups excluding carboxylic acids is 1. The molecule has 1 aliphatic rings. The fourth-order valence-corrected chi connectivity index (χ4v) is 2.26. The third kappa shape index (κ3) is 3.49. The van der Waals surface area contributed by atoms with Crippen molar-refractivity contribution in [2.75, 3.05) is 44.2 Å². The lowest BCUT2D eigenvalue weighted by molar-refractivity contribution is -0.130. The van der Waals surface area contributed by atoms with E-state index >= 15 is 0 Å². The van der Waals surface area contributed by atoms with E-state index in [2.05, 4.69) is 11.2 Å². The Morgan fingerprint density at radius 3 is 2.65 bits per heavy atom. The molecule has 0 aliphatic carbocycles. The molecule has 0 radical (unpaired) electrons. The molecular weight excluding hydrogens is 257 g/mol. The van der Waals surface area contributed by atoms with Crippen LogP contribution < -0.4 is 10.2 Å². The molecule has 2 rings (SSSR count). The van der Waals surface area contributed by atoms with Crippen LogP contribution in [0, 0.1) is 18.2 Å². The van der Waals surface area contributed by atoms with Crippen molar-refractivity contribution >= 4 is 11.6 Å². The minimum absolute atomic E-state index is 0.0356. The first-order valence-electron chi connectivity index (χ1n) is 6.64. The summed E-state index contributed by atoms with van der Waals surface area (Å²) in [6, 6.07) is 6.72. The maximum absolute atomic E-state index is 13.7. The molecule has 1 fully saturated rings. The third-order valence-corrected chi connectivity index (χ3v) is 3.33. The summed E-state index contributed by atoms with van der Waals surface area (Å²) in [5.74, 6) is 2.25. The molecule has 1 N–H and O–H groups in total. The average molecular weight is 275 g/mol.